The average molecular weight is 260 g/mol. The van der Waals surface area contributed by atoms with Gasteiger partial charge < -0.3 is 20.9 Å². The van der Waals surface area contributed by atoms with Crippen molar-refractivity contribution in [1.29, 1.82) is 0 Å². The van der Waals surface area contributed by atoms with E-state index in [9.17, 15) is 19.2 Å². The van der Waals surface area contributed by atoms with Crippen LogP contribution < -0.4 is 11.5 Å². The zero-order chi connectivity index (χ0) is 14.0. The first-order valence-corrected chi connectivity index (χ1v) is 5.29. The summed E-state index contributed by atoms with van der Waals surface area (Å²) in [4.78, 5) is 42.7. The van der Waals surface area contributed by atoms with Crippen molar-refractivity contribution in [2.45, 2.75) is 25.7 Å². The van der Waals surface area contributed by atoms with Crippen LogP contribution >= 0.6 is 0 Å². The van der Waals surface area contributed by atoms with E-state index < -0.39 is 23.8 Å². The fourth-order valence-electron chi connectivity index (χ4n) is 0.906. The first-order valence-electron chi connectivity index (χ1n) is 5.29. The smallest absolute Gasteiger partial charge is 0.306 e. The van der Waals surface area contributed by atoms with Crippen LogP contribution in [-0.2, 0) is 28.7 Å². The van der Waals surface area contributed by atoms with Gasteiger partial charge in [0.1, 0.15) is 13.2 Å². The molecule has 4 N–H and O–H groups in total. The van der Waals surface area contributed by atoms with E-state index >= 15 is 0 Å². The highest BCUT2D eigenvalue weighted by molar-refractivity contribution is 5.80. The van der Waals surface area contributed by atoms with Crippen molar-refractivity contribution in [3.63, 3.8) is 0 Å². The Morgan fingerprint density at radius 3 is 1.28 bits per heavy atom. The maximum Gasteiger partial charge on any atom is 0.306 e. The predicted octanol–water partition coefficient (Wildman–Crippen LogP) is -1.40. The van der Waals surface area contributed by atoms with Gasteiger partial charge in [0.15, 0.2) is 0 Å². The van der Waals surface area contributed by atoms with Gasteiger partial charge in [0.05, 0.1) is 12.8 Å². The SMILES string of the molecule is NC(=O)CCC(=O)OCCOC(=O)CCC(N)=O. The molecule has 0 aromatic carbocycles. The highest BCUT2D eigenvalue weighted by Crippen LogP contribution is 1.94. The Kier molecular flexibility index (Phi) is 7.91. The summed E-state index contributed by atoms with van der Waals surface area (Å²) in [5.74, 6) is -2.38. The monoisotopic (exact) mass is 260 g/mol. The standard InChI is InChI=1S/C10H16N2O6/c11-7(13)1-3-9(15)17-5-6-18-10(16)4-2-8(12)14/h1-6H2,(H2,11,13)(H2,12,14). The maximum atomic E-state index is 11.0. The van der Waals surface area contributed by atoms with E-state index in [2.05, 4.69) is 9.47 Å². The van der Waals surface area contributed by atoms with E-state index in [-0.39, 0.29) is 38.9 Å². The van der Waals surface area contributed by atoms with Crippen molar-refractivity contribution >= 4 is 23.8 Å². The summed E-state index contributed by atoms with van der Waals surface area (Å²) in [5, 5.41) is 0. The first kappa shape index (κ1) is 15.9. The summed E-state index contributed by atoms with van der Waals surface area (Å²) in [5.41, 5.74) is 9.68. The topological polar surface area (TPSA) is 139 Å². The molecule has 8 nitrogen and oxygen atoms in total. The average Bonchev–Trinajstić information content (AvgIpc) is 2.29. The van der Waals surface area contributed by atoms with Crippen LogP contribution in [0.25, 0.3) is 0 Å². The Hall–Kier alpha value is -2.12. The van der Waals surface area contributed by atoms with Crippen LogP contribution in [-0.4, -0.2) is 37.0 Å². The predicted molar refractivity (Wildman–Crippen MR) is 58.8 cm³/mol. The van der Waals surface area contributed by atoms with Crippen LogP contribution in [0.2, 0.25) is 0 Å². The van der Waals surface area contributed by atoms with Crippen molar-refractivity contribution in [3.05, 3.63) is 0 Å². The molecule has 0 heterocycles. The molecule has 0 aliphatic rings. The van der Waals surface area contributed by atoms with E-state index in [1.807, 2.05) is 0 Å². The van der Waals surface area contributed by atoms with Gasteiger partial charge in [-0.3, -0.25) is 19.2 Å². The Balaban J connectivity index is 3.49. The normalized spacial score (nSPS) is 9.56. The summed E-state index contributed by atoms with van der Waals surface area (Å²) in [6.45, 7) is -0.222. The molecule has 0 spiro atoms. The van der Waals surface area contributed by atoms with Gasteiger partial charge in [-0.1, -0.05) is 0 Å². The van der Waals surface area contributed by atoms with Crippen LogP contribution in [0.4, 0.5) is 0 Å². The van der Waals surface area contributed by atoms with E-state index in [1.165, 1.54) is 0 Å². The number of amides is 2. The summed E-state index contributed by atoms with van der Waals surface area (Å²) in [6.07, 6.45) is -0.385. The van der Waals surface area contributed by atoms with Gasteiger partial charge in [-0.05, 0) is 0 Å². The summed E-state index contributed by atoms with van der Waals surface area (Å²) < 4.78 is 9.31. The van der Waals surface area contributed by atoms with Crippen molar-refractivity contribution in [3.8, 4) is 0 Å². The van der Waals surface area contributed by atoms with Crippen LogP contribution in [0.15, 0.2) is 0 Å². The van der Waals surface area contributed by atoms with Gasteiger partial charge in [0.25, 0.3) is 0 Å². The molecule has 0 atom stereocenters. The molecule has 0 aliphatic heterocycles. The minimum Gasteiger partial charge on any atom is -0.462 e. The zero-order valence-electron chi connectivity index (χ0n) is 9.85. The van der Waals surface area contributed by atoms with E-state index in [0.29, 0.717) is 0 Å². The van der Waals surface area contributed by atoms with Gasteiger partial charge in [-0.25, -0.2) is 0 Å². The Bertz CT molecular complexity index is 296. The largest absolute Gasteiger partial charge is 0.462 e. The third-order valence-corrected chi connectivity index (χ3v) is 1.76. The molecule has 0 aliphatic carbocycles. The quantitative estimate of drug-likeness (QED) is 0.386. The maximum absolute atomic E-state index is 11.0. The van der Waals surface area contributed by atoms with Crippen molar-refractivity contribution in [2.75, 3.05) is 13.2 Å². The molecule has 2 amide bonds. The first-order chi connectivity index (χ1) is 8.41. The summed E-state index contributed by atoms with van der Waals surface area (Å²) in [6, 6.07) is 0. The number of nitrogens with two attached hydrogens (primary N) is 2. The molecular weight excluding hydrogens is 244 g/mol. The second kappa shape index (κ2) is 8.97. The molecule has 8 heteroatoms. The van der Waals surface area contributed by atoms with Gasteiger partial charge in [0, 0.05) is 12.8 Å². The van der Waals surface area contributed by atoms with Crippen LogP contribution in [0.1, 0.15) is 25.7 Å². The molecule has 0 unspecified atom stereocenters. The molecule has 102 valence electrons. The minimum atomic E-state index is -0.595. The Morgan fingerprint density at radius 1 is 0.667 bits per heavy atom. The molecule has 0 aromatic rings. The number of hydrogen-bond donors (Lipinski definition) is 2. The molecule has 0 fully saturated rings. The van der Waals surface area contributed by atoms with E-state index in [1.54, 1.807) is 0 Å². The van der Waals surface area contributed by atoms with Crippen molar-refractivity contribution in [2.24, 2.45) is 11.5 Å². The fraction of sp³-hybridized carbons (Fsp3) is 0.600. The number of hydrogen-bond acceptors (Lipinski definition) is 6. The lowest BCUT2D eigenvalue weighted by atomic mass is 10.3. The van der Waals surface area contributed by atoms with Gasteiger partial charge >= 0.3 is 11.9 Å². The molecule has 18 heavy (non-hydrogen) atoms. The van der Waals surface area contributed by atoms with E-state index in [4.69, 9.17) is 11.5 Å². The number of rotatable bonds is 9. The van der Waals surface area contributed by atoms with Crippen molar-refractivity contribution in [1.82, 2.24) is 0 Å². The number of primary amides is 2. The highest BCUT2D eigenvalue weighted by atomic mass is 16.6. The van der Waals surface area contributed by atoms with Crippen LogP contribution in [0.5, 0.6) is 0 Å². The highest BCUT2D eigenvalue weighted by Gasteiger charge is 2.07. The lowest BCUT2D eigenvalue weighted by Crippen LogP contribution is -2.18. The lowest BCUT2D eigenvalue weighted by molar-refractivity contribution is -0.152. The number of carbonyl (C=O) groups excluding carboxylic acids is 4. The lowest BCUT2D eigenvalue weighted by Gasteiger charge is -2.05. The molecule has 0 rings (SSSR count). The third kappa shape index (κ3) is 10.4. The molecule has 0 radical (unpaired) electrons. The summed E-state index contributed by atoms with van der Waals surface area (Å²) in [7, 11) is 0. The van der Waals surface area contributed by atoms with Crippen LogP contribution in [0.3, 0.4) is 0 Å². The molecule has 0 saturated heterocycles. The molecule has 0 saturated carbocycles. The number of esters is 2. The van der Waals surface area contributed by atoms with Gasteiger partial charge in [-0.15, -0.1) is 0 Å². The van der Waals surface area contributed by atoms with E-state index in [0.717, 1.165) is 0 Å². The van der Waals surface area contributed by atoms with Gasteiger partial charge in [-0.2, -0.15) is 0 Å². The molecular formula is C10H16N2O6. The van der Waals surface area contributed by atoms with Gasteiger partial charge in [0.2, 0.25) is 11.8 Å². The second-order valence-electron chi connectivity index (χ2n) is 3.37. The minimum absolute atomic E-state index is 0.0861. The third-order valence-electron chi connectivity index (χ3n) is 1.76. The zero-order valence-corrected chi connectivity index (χ0v) is 9.85. The van der Waals surface area contributed by atoms with Crippen molar-refractivity contribution < 1.29 is 28.7 Å². The Labute approximate surface area is 104 Å². The number of ether oxygens (including phenoxy) is 2. The number of carbonyl (C=O) groups is 4. The molecule has 0 aromatic heterocycles. The summed E-state index contributed by atoms with van der Waals surface area (Å²) >= 11 is 0. The Morgan fingerprint density at radius 2 is 1.00 bits per heavy atom. The fourth-order valence-corrected chi connectivity index (χ4v) is 0.906. The van der Waals surface area contributed by atoms with Crippen LogP contribution in [0, 0.1) is 0 Å². The second-order valence-corrected chi connectivity index (χ2v) is 3.37. The molecule has 0 bridgehead atoms.